The number of aliphatic hydroxyl groups excluding tert-OH is 1. The lowest BCUT2D eigenvalue weighted by Crippen LogP contribution is -2.49. The van der Waals surface area contributed by atoms with Crippen molar-refractivity contribution in [3.63, 3.8) is 0 Å². The summed E-state index contributed by atoms with van der Waals surface area (Å²) in [6.07, 6.45) is 6.12. The molecule has 5 heteroatoms. The van der Waals surface area contributed by atoms with Crippen molar-refractivity contribution in [2.75, 3.05) is 13.7 Å². The average molecular weight is 238 g/mol. The first kappa shape index (κ1) is 12.5. The van der Waals surface area contributed by atoms with E-state index in [4.69, 9.17) is 5.73 Å². The van der Waals surface area contributed by atoms with Gasteiger partial charge in [0, 0.05) is 31.5 Å². The number of imidazole rings is 1. The topological polar surface area (TPSA) is 67.3 Å². The molecule has 3 N–H and O–H groups in total. The fourth-order valence-electron chi connectivity index (χ4n) is 2.24. The Morgan fingerprint density at radius 1 is 1.65 bits per heavy atom. The highest BCUT2D eigenvalue weighted by molar-refractivity contribution is 4.96. The van der Waals surface area contributed by atoms with E-state index < -0.39 is 0 Å². The lowest BCUT2D eigenvalue weighted by atomic mass is 10.0. The third-order valence-electron chi connectivity index (χ3n) is 3.68. The molecule has 1 aliphatic carbocycles. The Kier molecular flexibility index (Phi) is 3.81. The Morgan fingerprint density at radius 2 is 2.35 bits per heavy atom. The molecule has 0 bridgehead atoms. The van der Waals surface area contributed by atoms with Gasteiger partial charge in [-0.05, 0) is 25.8 Å². The molecule has 0 radical (unpaired) electrons. The van der Waals surface area contributed by atoms with Crippen molar-refractivity contribution < 1.29 is 5.11 Å². The second-order valence-electron chi connectivity index (χ2n) is 5.03. The Morgan fingerprint density at radius 3 is 2.82 bits per heavy atom. The van der Waals surface area contributed by atoms with Crippen LogP contribution in [0.25, 0.3) is 0 Å². The Labute approximate surface area is 102 Å². The van der Waals surface area contributed by atoms with E-state index >= 15 is 0 Å². The molecule has 1 fully saturated rings. The zero-order chi connectivity index (χ0) is 12.4. The lowest BCUT2D eigenvalue weighted by molar-refractivity contribution is 0.112. The molecule has 2 rings (SSSR count). The van der Waals surface area contributed by atoms with Gasteiger partial charge in [0.1, 0.15) is 5.82 Å². The molecule has 2 unspecified atom stereocenters. The van der Waals surface area contributed by atoms with Crippen LogP contribution in [0.1, 0.15) is 18.7 Å². The quantitative estimate of drug-likeness (QED) is 0.729. The van der Waals surface area contributed by atoms with Crippen molar-refractivity contribution in [1.29, 1.82) is 0 Å². The third kappa shape index (κ3) is 2.86. The van der Waals surface area contributed by atoms with E-state index in [1.54, 1.807) is 6.20 Å². The van der Waals surface area contributed by atoms with Crippen LogP contribution in [0.2, 0.25) is 0 Å². The normalized spacial score (nSPS) is 19.6. The second-order valence-corrected chi connectivity index (χ2v) is 5.03. The smallest absolute Gasteiger partial charge is 0.122 e. The summed E-state index contributed by atoms with van der Waals surface area (Å²) >= 11 is 0. The van der Waals surface area contributed by atoms with Crippen LogP contribution in [-0.4, -0.2) is 45.3 Å². The first-order valence-electron chi connectivity index (χ1n) is 6.16. The summed E-state index contributed by atoms with van der Waals surface area (Å²) in [7, 11) is 3.97. The highest BCUT2D eigenvalue weighted by Gasteiger charge is 2.35. The number of aliphatic hydroxyl groups is 1. The summed E-state index contributed by atoms with van der Waals surface area (Å²) in [5, 5.41) is 9.49. The molecule has 0 saturated heterocycles. The van der Waals surface area contributed by atoms with Crippen LogP contribution in [0.15, 0.2) is 12.4 Å². The minimum absolute atomic E-state index is 0.0270. The molecule has 1 aromatic rings. The first-order chi connectivity index (χ1) is 8.13. The average Bonchev–Trinajstić information content (AvgIpc) is 3.06. The molecule has 1 heterocycles. The highest BCUT2D eigenvalue weighted by atomic mass is 16.3. The van der Waals surface area contributed by atoms with Gasteiger partial charge in [-0.15, -0.1) is 0 Å². The van der Waals surface area contributed by atoms with E-state index in [1.165, 1.54) is 12.8 Å². The van der Waals surface area contributed by atoms with Crippen LogP contribution in [0.5, 0.6) is 0 Å². The molecule has 96 valence electrons. The number of hydrogen-bond acceptors (Lipinski definition) is 4. The molecule has 1 saturated carbocycles. The van der Waals surface area contributed by atoms with Crippen molar-refractivity contribution in [2.24, 2.45) is 18.7 Å². The molecular formula is C12H22N4O. The number of nitrogens with zero attached hydrogens (tertiary/aromatic N) is 3. The van der Waals surface area contributed by atoms with Gasteiger partial charge in [0.25, 0.3) is 0 Å². The third-order valence-corrected chi connectivity index (χ3v) is 3.68. The molecule has 2 atom stereocenters. The van der Waals surface area contributed by atoms with Crippen molar-refractivity contribution in [3.05, 3.63) is 18.2 Å². The molecule has 1 aromatic heterocycles. The molecule has 0 amide bonds. The molecule has 0 aliphatic heterocycles. The number of aromatic nitrogens is 2. The summed E-state index contributed by atoms with van der Waals surface area (Å²) in [6, 6.07) is 0.101. The van der Waals surface area contributed by atoms with Crippen molar-refractivity contribution in [2.45, 2.75) is 31.5 Å². The van der Waals surface area contributed by atoms with Gasteiger partial charge in [-0.25, -0.2) is 4.98 Å². The standard InChI is InChI=1S/C12H22N4O/c1-15-6-5-14-11(15)7-16(2)10(8-17)12(13)9-3-4-9/h5-6,9-10,12,17H,3-4,7-8,13H2,1-2H3. The number of aryl methyl sites for hydroxylation is 1. The lowest BCUT2D eigenvalue weighted by Gasteiger charge is -2.31. The molecular weight excluding hydrogens is 216 g/mol. The van der Waals surface area contributed by atoms with E-state index in [1.807, 2.05) is 24.9 Å². The predicted octanol–water partition coefficient (Wildman–Crippen LogP) is -0.0499. The van der Waals surface area contributed by atoms with Gasteiger partial charge < -0.3 is 15.4 Å². The highest BCUT2D eigenvalue weighted by Crippen LogP contribution is 2.33. The fourth-order valence-corrected chi connectivity index (χ4v) is 2.24. The summed E-state index contributed by atoms with van der Waals surface area (Å²) in [6.45, 7) is 0.827. The van der Waals surface area contributed by atoms with Crippen LogP contribution in [0.3, 0.4) is 0 Å². The maximum absolute atomic E-state index is 9.49. The Balaban J connectivity index is 1.97. The van der Waals surface area contributed by atoms with Gasteiger partial charge >= 0.3 is 0 Å². The van der Waals surface area contributed by atoms with Crippen LogP contribution >= 0.6 is 0 Å². The number of hydrogen-bond donors (Lipinski definition) is 2. The van der Waals surface area contributed by atoms with Crippen LogP contribution in [-0.2, 0) is 13.6 Å². The van der Waals surface area contributed by atoms with Gasteiger partial charge in [-0.1, -0.05) is 0 Å². The van der Waals surface area contributed by atoms with Gasteiger partial charge in [-0.3, -0.25) is 4.90 Å². The minimum atomic E-state index is 0.0270. The molecule has 0 aromatic carbocycles. The Bertz CT molecular complexity index is 361. The maximum atomic E-state index is 9.49. The van der Waals surface area contributed by atoms with Gasteiger partial charge in [0.15, 0.2) is 0 Å². The van der Waals surface area contributed by atoms with Gasteiger partial charge in [0.05, 0.1) is 13.2 Å². The summed E-state index contributed by atoms with van der Waals surface area (Å²) in [5.74, 6) is 1.59. The zero-order valence-electron chi connectivity index (χ0n) is 10.6. The van der Waals surface area contributed by atoms with E-state index in [9.17, 15) is 5.11 Å². The Hall–Kier alpha value is -0.910. The van der Waals surface area contributed by atoms with E-state index in [2.05, 4.69) is 9.88 Å². The van der Waals surface area contributed by atoms with Crippen molar-refractivity contribution in [3.8, 4) is 0 Å². The summed E-state index contributed by atoms with van der Waals surface area (Å²) in [5.41, 5.74) is 6.17. The molecule has 17 heavy (non-hydrogen) atoms. The zero-order valence-corrected chi connectivity index (χ0v) is 10.6. The van der Waals surface area contributed by atoms with Crippen LogP contribution in [0.4, 0.5) is 0 Å². The maximum Gasteiger partial charge on any atom is 0.122 e. The SMILES string of the molecule is CN(Cc1nccn1C)C(CO)C(N)C1CC1. The predicted molar refractivity (Wildman–Crippen MR) is 66.2 cm³/mol. The van der Waals surface area contributed by atoms with Crippen molar-refractivity contribution in [1.82, 2.24) is 14.5 Å². The van der Waals surface area contributed by atoms with E-state index in [-0.39, 0.29) is 18.7 Å². The molecule has 0 spiro atoms. The molecule has 5 nitrogen and oxygen atoms in total. The number of likely N-dealkylation sites (N-methyl/N-ethyl adjacent to an activating group) is 1. The number of nitrogens with two attached hydrogens (primary N) is 1. The second kappa shape index (κ2) is 5.16. The monoisotopic (exact) mass is 238 g/mol. The van der Waals surface area contributed by atoms with E-state index in [0.29, 0.717) is 5.92 Å². The molecule has 1 aliphatic rings. The van der Waals surface area contributed by atoms with Crippen molar-refractivity contribution >= 4 is 0 Å². The first-order valence-corrected chi connectivity index (χ1v) is 6.16. The van der Waals surface area contributed by atoms with E-state index in [0.717, 1.165) is 12.4 Å². The number of rotatable bonds is 6. The van der Waals surface area contributed by atoms with Gasteiger partial charge in [0.2, 0.25) is 0 Å². The minimum Gasteiger partial charge on any atom is -0.395 e. The van der Waals surface area contributed by atoms with Gasteiger partial charge in [-0.2, -0.15) is 0 Å². The summed E-state index contributed by atoms with van der Waals surface area (Å²) < 4.78 is 1.99. The summed E-state index contributed by atoms with van der Waals surface area (Å²) in [4.78, 5) is 6.39. The van der Waals surface area contributed by atoms with Crippen LogP contribution < -0.4 is 5.73 Å². The fraction of sp³-hybridized carbons (Fsp3) is 0.750. The van der Waals surface area contributed by atoms with Crippen LogP contribution in [0, 0.1) is 5.92 Å². The largest absolute Gasteiger partial charge is 0.395 e.